The van der Waals surface area contributed by atoms with Crippen molar-refractivity contribution in [1.82, 2.24) is 19.7 Å². The zero-order valence-corrected chi connectivity index (χ0v) is 24.6. The second-order valence-electron chi connectivity index (χ2n) is 11.4. The molecule has 0 saturated heterocycles. The van der Waals surface area contributed by atoms with Crippen LogP contribution >= 0.6 is 0 Å². The minimum Gasteiger partial charge on any atom is -0.494 e. The highest BCUT2D eigenvalue weighted by Crippen LogP contribution is 2.35. The highest BCUT2D eigenvalue weighted by molar-refractivity contribution is 6.11. The van der Waals surface area contributed by atoms with Crippen LogP contribution in [0.4, 0.5) is 0 Å². The third kappa shape index (κ3) is 6.17. The lowest BCUT2D eigenvalue weighted by molar-refractivity contribution is 0.103. The molecule has 1 atom stereocenters. The number of carbonyl (C=O) groups excluding carboxylic acids is 1. The third-order valence-corrected chi connectivity index (χ3v) is 8.22. The van der Waals surface area contributed by atoms with Crippen molar-refractivity contribution in [1.29, 1.82) is 0 Å². The van der Waals surface area contributed by atoms with Crippen LogP contribution in [0.15, 0.2) is 54.9 Å². The fourth-order valence-electron chi connectivity index (χ4n) is 5.95. The number of aromatic nitrogens is 3. The molecule has 0 spiro atoms. The number of ether oxygens (including phenoxy) is 1. The number of nitrogens with zero attached hydrogens (tertiary/aromatic N) is 3. The number of rotatable bonds is 13. The van der Waals surface area contributed by atoms with Gasteiger partial charge in [0.05, 0.1) is 12.8 Å². The van der Waals surface area contributed by atoms with E-state index in [9.17, 15) is 4.79 Å². The predicted octanol–water partition coefficient (Wildman–Crippen LogP) is 6.79. The van der Waals surface area contributed by atoms with Gasteiger partial charge in [0, 0.05) is 46.5 Å². The fraction of sp³-hybridized carbons (Fsp3) is 0.471. The second kappa shape index (κ2) is 12.9. The van der Waals surface area contributed by atoms with Crippen LogP contribution in [0.5, 0.6) is 5.75 Å². The Morgan fingerprint density at radius 3 is 2.77 bits per heavy atom. The average Bonchev–Trinajstić information content (AvgIpc) is 3.57. The van der Waals surface area contributed by atoms with Crippen molar-refractivity contribution >= 4 is 16.7 Å². The van der Waals surface area contributed by atoms with E-state index in [1.54, 1.807) is 0 Å². The minimum atomic E-state index is 0.0515. The molecule has 5 rings (SSSR count). The molecule has 0 amide bonds. The van der Waals surface area contributed by atoms with Gasteiger partial charge in [-0.3, -0.25) is 9.48 Å². The van der Waals surface area contributed by atoms with E-state index in [0.717, 1.165) is 63.1 Å². The molecule has 0 radical (unpaired) electrons. The quantitative estimate of drug-likeness (QED) is 0.150. The maximum Gasteiger partial charge on any atom is 0.193 e. The van der Waals surface area contributed by atoms with Crippen molar-refractivity contribution in [2.75, 3.05) is 19.7 Å². The molecule has 0 bridgehead atoms. The van der Waals surface area contributed by atoms with Crippen molar-refractivity contribution in [2.24, 2.45) is 5.92 Å². The van der Waals surface area contributed by atoms with Gasteiger partial charge < -0.3 is 14.6 Å². The first kappa shape index (κ1) is 28.2. The highest BCUT2D eigenvalue weighted by atomic mass is 16.5. The Hall–Kier alpha value is -3.38. The van der Waals surface area contributed by atoms with Crippen molar-refractivity contribution in [3.05, 3.63) is 82.8 Å². The summed E-state index contributed by atoms with van der Waals surface area (Å²) in [4.78, 5) is 13.5. The number of ketones is 1. The Balaban J connectivity index is 1.28. The van der Waals surface area contributed by atoms with E-state index in [1.807, 2.05) is 41.2 Å². The molecule has 1 aliphatic carbocycles. The van der Waals surface area contributed by atoms with Gasteiger partial charge in [-0.15, -0.1) is 0 Å². The summed E-state index contributed by atoms with van der Waals surface area (Å²) in [6, 6.07) is 14.3. The van der Waals surface area contributed by atoms with Gasteiger partial charge in [-0.05, 0) is 113 Å². The summed E-state index contributed by atoms with van der Waals surface area (Å²) in [5.74, 6) is 1.41. The molecule has 4 aromatic rings. The molecular weight excluding hydrogens is 496 g/mol. The van der Waals surface area contributed by atoms with Gasteiger partial charge in [-0.1, -0.05) is 25.5 Å². The third-order valence-electron chi connectivity index (χ3n) is 8.22. The van der Waals surface area contributed by atoms with E-state index in [4.69, 9.17) is 4.74 Å². The summed E-state index contributed by atoms with van der Waals surface area (Å²) in [5.41, 5.74) is 6.84. The van der Waals surface area contributed by atoms with E-state index >= 15 is 0 Å². The maximum atomic E-state index is 13.5. The summed E-state index contributed by atoms with van der Waals surface area (Å²) < 4.78 is 10.3. The largest absolute Gasteiger partial charge is 0.494 e. The number of carbonyl (C=O) groups is 1. The van der Waals surface area contributed by atoms with Gasteiger partial charge in [0.1, 0.15) is 5.75 Å². The lowest BCUT2D eigenvalue weighted by Gasteiger charge is -2.24. The van der Waals surface area contributed by atoms with Gasteiger partial charge in [0.2, 0.25) is 0 Å². The zero-order chi connectivity index (χ0) is 28.1. The Morgan fingerprint density at radius 2 is 2.00 bits per heavy atom. The molecule has 6 heteroatoms. The summed E-state index contributed by atoms with van der Waals surface area (Å²) in [6.45, 7) is 12.3. The molecule has 2 aromatic heterocycles. The molecule has 0 aliphatic heterocycles. The molecule has 6 nitrogen and oxygen atoms in total. The number of hydrogen-bond acceptors (Lipinski definition) is 4. The SMILES string of the molecule is CCCCOc1cccc(C(=O)c2ccc3c(c2)c2c(n3CC)CCC(CNCCc3cnn(C(C)C)c3)C2)c1. The number of aryl methyl sites for hydroxylation is 1. The summed E-state index contributed by atoms with van der Waals surface area (Å²) in [7, 11) is 0. The van der Waals surface area contributed by atoms with Crippen LogP contribution in [0.1, 0.15) is 85.7 Å². The number of fused-ring (bicyclic) bond motifs is 3. The van der Waals surface area contributed by atoms with Crippen LogP contribution < -0.4 is 10.1 Å². The van der Waals surface area contributed by atoms with Crippen LogP contribution in [-0.2, 0) is 25.8 Å². The molecule has 1 unspecified atom stereocenters. The van der Waals surface area contributed by atoms with E-state index < -0.39 is 0 Å². The Bertz CT molecular complexity index is 1450. The van der Waals surface area contributed by atoms with Crippen LogP contribution in [0.2, 0.25) is 0 Å². The van der Waals surface area contributed by atoms with Crippen LogP contribution in [0, 0.1) is 5.92 Å². The van der Waals surface area contributed by atoms with Crippen molar-refractivity contribution in [2.45, 2.75) is 78.8 Å². The van der Waals surface area contributed by atoms with Crippen LogP contribution in [0.3, 0.4) is 0 Å². The smallest absolute Gasteiger partial charge is 0.193 e. The van der Waals surface area contributed by atoms with Gasteiger partial charge in [-0.25, -0.2) is 0 Å². The predicted molar refractivity (Wildman–Crippen MR) is 163 cm³/mol. The first-order chi connectivity index (χ1) is 19.5. The van der Waals surface area contributed by atoms with E-state index in [2.05, 4.69) is 61.0 Å². The second-order valence-corrected chi connectivity index (χ2v) is 11.4. The number of hydrogen-bond donors (Lipinski definition) is 1. The van der Waals surface area contributed by atoms with Gasteiger partial charge >= 0.3 is 0 Å². The van der Waals surface area contributed by atoms with Gasteiger partial charge in [0.15, 0.2) is 5.78 Å². The Labute approximate surface area is 238 Å². The molecule has 1 aliphatic rings. The fourth-order valence-corrected chi connectivity index (χ4v) is 5.95. The Kier molecular flexibility index (Phi) is 9.05. The molecule has 0 saturated carbocycles. The molecule has 2 heterocycles. The number of nitrogens with one attached hydrogen (secondary N) is 1. The summed E-state index contributed by atoms with van der Waals surface area (Å²) in [6.07, 6.45) is 10.6. The van der Waals surface area contributed by atoms with Crippen LogP contribution in [0.25, 0.3) is 10.9 Å². The topological polar surface area (TPSA) is 61.1 Å². The van der Waals surface area contributed by atoms with E-state index in [0.29, 0.717) is 24.1 Å². The lowest BCUT2D eigenvalue weighted by Crippen LogP contribution is -2.29. The summed E-state index contributed by atoms with van der Waals surface area (Å²) >= 11 is 0. The molecule has 1 N–H and O–H groups in total. The lowest BCUT2D eigenvalue weighted by atomic mass is 9.86. The van der Waals surface area contributed by atoms with Crippen LogP contribution in [-0.4, -0.2) is 39.8 Å². The standard InChI is InChI=1S/C34H44N4O2/c1-5-7-17-40-29-10-8-9-27(19-29)34(39)28-12-14-33-31(20-28)30-18-25(11-13-32(30)37(33)6-2)21-35-16-15-26-22-36-38(23-26)24(3)4/h8-10,12,14,19-20,22-25,35H,5-7,11,13,15-18,21H2,1-4H3. The number of benzene rings is 2. The van der Waals surface area contributed by atoms with Gasteiger partial charge in [0.25, 0.3) is 0 Å². The molecule has 212 valence electrons. The average molecular weight is 541 g/mol. The molecule has 0 fully saturated rings. The zero-order valence-electron chi connectivity index (χ0n) is 24.6. The molecule has 2 aromatic carbocycles. The first-order valence-corrected chi connectivity index (χ1v) is 15.1. The monoisotopic (exact) mass is 540 g/mol. The maximum absolute atomic E-state index is 13.5. The molecular formula is C34H44N4O2. The van der Waals surface area contributed by atoms with E-state index in [-0.39, 0.29) is 5.78 Å². The highest BCUT2D eigenvalue weighted by Gasteiger charge is 2.25. The molecule has 40 heavy (non-hydrogen) atoms. The number of unbranched alkanes of at least 4 members (excludes halogenated alkanes) is 1. The summed E-state index contributed by atoms with van der Waals surface area (Å²) in [5, 5.41) is 9.41. The van der Waals surface area contributed by atoms with Crippen molar-refractivity contribution in [3.63, 3.8) is 0 Å². The Morgan fingerprint density at radius 1 is 1.15 bits per heavy atom. The van der Waals surface area contributed by atoms with Crippen molar-refractivity contribution in [3.8, 4) is 5.75 Å². The minimum absolute atomic E-state index is 0.0515. The van der Waals surface area contributed by atoms with E-state index in [1.165, 1.54) is 34.1 Å². The van der Waals surface area contributed by atoms with Crippen molar-refractivity contribution < 1.29 is 9.53 Å². The first-order valence-electron chi connectivity index (χ1n) is 15.1. The van der Waals surface area contributed by atoms with Gasteiger partial charge in [-0.2, -0.15) is 5.10 Å². The normalized spacial score (nSPS) is 15.1.